The van der Waals surface area contributed by atoms with Gasteiger partial charge in [0.1, 0.15) is 6.80 Å². The summed E-state index contributed by atoms with van der Waals surface area (Å²) < 4.78 is 12.0. The van der Waals surface area contributed by atoms with Gasteiger partial charge in [-0.1, -0.05) is 0 Å². The van der Waals surface area contributed by atoms with Crippen molar-refractivity contribution < 1.29 is 9.50 Å². The first kappa shape index (κ1) is 6.96. The predicted octanol–water partition coefficient (Wildman–Crippen LogP) is 0.370. The highest BCUT2D eigenvalue weighted by atomic mass is 19.1. The molecule has 1 rings (SSSR count). The largest absolute Gasteiger partial charge is 0.395 e. The van der Waals surface area contributed by atoms with Crippen LogP contribution < -0.4 is 0 Å². The molecule has 1 atom stereocenters. The Morgan fingerprint density at radius 1 is 1.67 bits per heavy atom. The summed E-state index contributed by atoms with van der Waals surface area (Å²) in [5.41, 5.74) is 0. The van der Waals surface area contributed by atoms with E-state index in [1.54, 1.807) is 4.90 Å². The zero-order valence-corrected chi connectivity index (χ0v) is 5.39. The van der Waals surface area contributed by atoms with Crippen LogP contribution in [0.15, 0.2) is 0 Å². The average molecular weight is 133 g/mol. The molecule has 2 nitrogen and oxygen atoms in total. The van der Waals surface area contributed by atoms with Gasteiger partial charge in [-0.15, -0.1) is 0 Å². The molecule has 0 amide bonds. The molecule has 0 spiro atoms. The molecule has 1 heterocycles. The maximum atomic E-state index is 12.0. The zero-order chi connectivity index (χ0) is 6.69. The first-order chi connectivity index (χ1) is 4.38. The SMILES string of the molecule is OCC1CCCN1CF. The molecule has 0 aromatic heterocycles. The lowest BCUT2D eigenvalue weighted by Crippen LogP contribution is -2.31. The minimum Gasteiger partial charge on any atom is -0.395 e. The van der Waals surface area contributed by atoms with Crippen LogP contribution in [0.25, 0.3) is 0 Å². The van der Waals surface area contributed by atoms with E-state index in [0.717, 1.165) is 19.4 Å². The molecule has 3 heteroatoms. The van der Waals surface area contributed by atoms with Crippen molar-refractivity contribution in [3.8, 4) is 0 Å². The van der Waals surface area contributed by atoms with Gasteiger partial charge in [0.05, 0.1) is 6.61 Å². The Bertz CT molecular complexity index is 79.1. The van der Waals surface area contributed by atoms with Crippen LogP contribution in [0.1, 0.15) is 12.8 Å². The Kier molecular flexibility index (Phi) is 2.42. The van der Waals surface area contributed by atoms with Gasteiger partial charge in [0.25, 0.3) is 0 Å². The molecule has 54 valence electrons. The van der Waals surface area contributed by atoms with Crippen molar-refractivity contribution >= 4 is 0 Å². The summed E-state index contributed by atoms with van der Waals surface area (Å²) in [6.07, 6.45) is 1.97. The first-order valence-corrected chi connectivity index (χ1v) is 3.29. The minimum absolute atomic E-state index is 0.0926. The Morgan fingerprint density at radius 3 is 2.89 bits per heavy atom. The topological polar surface area (TPSA) is 23.5 Å². The van der Waals surface area contributed by atoms with Gasteiger partial charge in [0.15, 0.2) is 0 Å². The molecule has 9 heavy (non-hydrogen) atoms. The molecule has 1 unspecified atom stereocenters. The fraction of sp³-hybridized carbons (Fsp3) is 1.00. The van der Waals surface area contributed by atoms with E-state index >= 15 is 0 Å². The first-order valence-electron chi connectivity index (χ1n) is 3.29. The Morgan fingerprint density at radius 2 is 2.44 bits per heavy atom. The summed E-state index contributed by atoms with van der Waals surface area (Å²) in [7, 11) is 0. The number of halogens is 1. The van der Waals surface area contributed by atoms with Crippen LogP contribution in [0, 0.1) is 0 Å². The molecule has 0 aromatic carbocycles. The van der Waals surface area contributed by atoms with Gasteiger partial charge in [0, 0.05) is 12.6 Å². The number of alkyl halides is 1. The number of rotatable bonds is 2. The van der Waals surface area contributed by atoms with E-state index in [2.05, 4.69) is 0 Å². The molecule has 0 aromatic rings. The normalized spacial score (nSPS) is 29.3. The molecule has 1 N–H and O–H groups in total. The smallest absolute Gasteiger partial charge is 0.143 e. The second-order valence-corrected chi connectivity index (χ2v) is 2.41. The van der Waals surface area contributed by atoms with Crippen LogP contribution in [0.5, 0.6) is 0 Å². The highest BCUT2D eigenvalue weighted by Gasteiger charge is 2.22. The lowest BCUT2D eigenvalue weighted by molar-refractivity contribution is 0.117. The number of aliphatic hydroxyl groups excluding tert-OH is 1. The van der Waals surface area contributed by atoms with Gasteiger partial charge in [-0.05, 0) is 12.8 Å². The third-order valence-corrected chi connectivity index (χ3v) is 1.86. The molecule has 0 saturated carbocycles. The van der Waals surface area contributed by atoms with Crippen LogP contribution in [0.3, 0.4) is 0 Å². The molecule has 1 fully saturated rings. The van der Waals surface area contributed by atoms with Gasteiger partial charge in [-0.25, -0.2) is 4.39 Å². The molecule has 1 aliphatic heterocycles. The third-order valence-electron chi connectivity index (χ3n) is 1.86. The Hall–Kier alpha value is -0.150. The van der Waals surface area contributed by atoms with Crippen molar-refractivity contribution in [3.05, 3.63) is 0 Å². The van der Waals surface area contributed by atoms with Gasteiger partial charge < -0.3 is 5.11 Å². The summed E-state index contributed by atoms with van der Waals surface area (Å²) >= 11 is 0. The number of hydrogen-bond acceptors (Lipinski definition) is 2. The lowest BCUT2D eigenvalue weighted by atomic mass is 10.2. The summed E-state index contributed by atoms with van der Waals surface area (Å²) in [5.74, 6) is 0. The third kappa shape index (κ3) is 1.40. The van der Waals surface area contributed by atoms with Crippen LogP contribution in [0.2, 0.25) is 0 Å². The maximum Gasteiger partial charge on any atom is 0.143 e. The summed E-state index contributed by atoms with van der Waals surface area (Å²) in [5, 5.41) is 8.66. The number of aliphatic hydroxyl groups is 1. The van der Waals surface area contributed by atoms with E-state index < -0.39 is 6.80 Å². The van der Waals surface area contributed by atoms with E-state index in [9.17, 15) is 4.39 Å². The molecular weight excluding hydrogens is 121 g/mol. The highest BCUT2D eigenvalue weighted by Crippen LogP contribution is 2.15. The second-order valence-electron chi connectivity index (χ2n) is 2.41. The van der Waals surface area contributed by atoms with Gasteiger partial charge in [-0.2, -0.15) is 0 Å². The Balaban J connectivity index is 2.32. The quantitative estimate of drug-likeness (QED) is 0.550. The van der Waals surface area contributed by atoms with Crippen molar-refractivity contribution in [2.75, 3.05) is 20.0 Å². The molecule has 0 aliphatic carbocycles. The van der Waals surface area contributed by atoms with Crippen LogP contribution in [0.4, 0.5) is 4.39 Å². The molecule has 0 bridgehead atoms. The van der Waals surface area contributed by atoms with Crippen LogP contribution >= 0.6 is 0 Å². The van der Waals surface area contributed by atoms with Gasteiger partial charge in [-0.3, -0.25) is 4.90 Å². The van der Waals surface area contributed by atoms with E-state index in [1.165, 1.54) is 0 Å². The predicted molar refractivity (Wildman–Crippen MR) is 32.8 cm³/mol. The van der Waals surface area contributed by atoms with E-state index in [4.69, 9.17) is 5.11 Å². The standard InChI is InChI=1S/C6H12FNO/c7-5-8-3-1-2-6(8)4-9/h6,9H,1-5H2. The van der Waals surface area contributed by atoms with Crippen LogP contribution in [-0.2, 0) is 0 Å². The maximum absolute atomic E-state index is 12.0. The molecule has 0 radical (unpaired) electrons. The summed E-state index contributed by atoms with van der Waals surface area (Å²) in [6, 6.07) is 0.0926. The zero-order valence-electron chi connectivity index (χ0n) is 5.39. The number of nitrogens with zero attached hydrogens (tertiary/aromatic N) is 1. The van der Waals surface area contributed by atoms with E-state index in [-0.39, 0.29) is 12.6 Å². The van der Waals surface area contributed by atoms with Crippen molar-refractivity contribution in [1.82, 2.24) is 4.90 Å². The molecule has 1 saturated heterocycles. The van der Waals surface area contributed by atoms with Gasteiger partial charge in [0.2, 0.25) is 0 Å². The number of hydrogen-bond donors (Lipinski definition) is 1. The highest BCUT2D eigenvalue weighted by molar-refractivity contribution is 4.75. The average Bonchev–Trinajstić information content (AvgIpc) is 2.33. The molecular formula is C6H12FNO. The van der Waals surface area contributed by atoms with Crippen molar-refractivity contribution in [3.63, 3.8) is 0 Å². The fourth-order valence-electron chi connectivity index (χ4n) is 1.26. The monoisotopic (exact) mass is 133 g/mol. The van der Waals surface area contributed by atoms with Gasteiger partial charge >= 0.3 is 0 Å². The minimum atomic E-state index is -0.411. The lowest BCUT2D eigenvalue weighted by Gasteiger charge is -2.17. The second kappa shape index (κ2) is 3.13. The molecule has 1 aliphatic rings. The number of likely N-dealkylation sites (tertiary alicyclic amines) is 1. The van der Waals surface area contributed by atoms with Crippen molar-refractivity contribution in [2.45, 2.75) is 18.9 Å². The van der Waals surface area contributed by atoms with E-state index in [1.807, 2.05) is 0 Å². The van der Waals surface area contributed by atoms with E-state index in [0.29, 0.717) is 0 Å². The van der Waals surface area contributed by atoms with Crippen molar-refractivity contribution in [1.29, 1.82) is 0 Å². The fourth-order valence-corrected chi connectivity index (χ4v) is 1.26. The van der Waals surface area contributed by atoms with Crippen molar-refractivity contribution in [2.24, 2.45) is 0 Å². The Labute approximate surface area is 54.3 Å². The summed E-state index contributed by atoms with van der Waals surface area (Å²) in [6.45, 7) is 0.497. The summed E-state index contributed by atoms with van der Waals surface area (Å²) in [4.78, 5) is 1.67. The van der Waals surface area contributed by atoms with Crippen LogP contribution in [-0.4, -0.2) is 36.0 Å².